The minimum absolute atomic E-state index is 0.0261. The van der Waals surface area contributed by atoms with Gasteiger partial charge in [0.05, 0.1) is 18.1 Å². The van der Waals surface area contributed by atoms with Crippen LogP contribution in [0.2, 0.25) is 0 Å². The van der Waals surface area contributed by atoms with Gasteiger partial charge in [-0.25, -0.2) is 0 Å². The number of carbonyl (C=O) groups excluding carboxylic acids is 1. The third kappa shape index (κ3) is 1.32. The summed E-state index contributed by atoms with van der Waals surface area (Å²) in [5.74, 6) is 0.536. The predicted octanol–water partition coefficient (Wildman–Crippen LogP) is 1.05. The number of ketones is 1. The van der Waals surface area contributed by atoms with E-state index in [4.69, 9.17) is 22.9 Å². The molecule has 23 heavy (non-hydrogen) atoms. The number of nitrogens with zero attached hydrogens (tertiary/aromatic N) is 1. The van der Waals surface area contributed by atoms with Crippen LogP contribution < -0.4 is 9.47 Å². The average Bonchev–Trinajstić information content (AvgIpc) is 3.01. The third-order valence-corrected chi connectivity index (χ3v) is 6.05. The van der Waals surface area contributed by atoms with Crippen LogP contribution in [0.1, 0.15) is 37.2 Å². The van der Waals surface area contributed by atoms with Crippen LogP contribution in [0.15, 0.2) is 12.1 Å². The largest absolute Gasteiger partial charge is 0.493 e. The molecule has 2 fully saturated rings. The predicted molar refractivity (Wildman–Crippen MR) is 83.0 cm³/mol. The highest BCUT2D eigenvalue weighted by molar-refractivity contribution is 5.90. The normalized spacial score (nSPS) is 47.1. The number of hydrogen-bond acceptors (Lipinski definition) is 5. The number of likely N-dealkylation sites (tertiary alicyclic amines) is 1. The Morgan fingerprint density at radius 2 is 2.48 bits per heavy atom. The summed E-state index contributed by atoms with van der Waals surface area (Å²) in [5.41, 5.74) is -1.89. The van der Waals surface area contributed by atoms with Gasteiger partial charge in [0, 0.05) is 24.9 Å². The van der Waals surface area contributed by atoms with E-state index >= 15 is 0 Å². The number of ether oxygens (including phenoxy) is 2. The fourth-order valence-electron chi connectivity index (χ4n) is 5.06. The standard InChI is InChI=1S/C18H21NO4/c1-19-8-7-17-14-10-3-4-12(22-2)15(14)23-16(17)11(20)5-6-18(17,21)13(19)9-10/h3-4,13,16,21H,5-9H2,1-2H3/t13-,16?,17+,18-/m1/s1/i1D3,9D2,21D. The molecule has 1 saturated heterocycles. The van der Waals surface area contributed by atoms with E-state index in [9.17, 15) is 4.79 Å². The van der Waals surface area contributed by atoms with Crippen molar-refractivity contribution in [2.24, 2.45) is 0 Å². The second-order valence-electron chi connectivity index (χ2n) is 6.83. The minimum Gasteiger partial charge on any atom is -0.493 e. The van der Waals surface area contributed by atoms with E-state index in [2.05, 4.69) is 0 Å². The van der Waals surface area contributed by atoms with Crippen molar-refractivity contribution < 1.29 is 26.2 Å². The van der Waals surface area contributed by atoms with Crippen LogP contribution in [0.25, 0.3) is 0 Å². The molecule has 4 aliphatic rings. The minimum atomic E-state index is -2.58. The maximum Gasteiger partial charge on any atom is 0.211 e. The summed E-state index contributed by atoms with van der Waals surface area (Å²) < 4.78 is 61.5. The van der Waals surface area contributed by atoms with Crippen LogP contribution in [-0.4, -0.2) is 55.6 Å². The first-order chi connectivity index (χ1) is 13.6. The van der Waals surface area contributed by atoms with Gasteiger partial charge in [-0.05, 0) is 44.4 Å². The van der Waals surface area contributed by atoms with E-state index in [1.807, 2.05) is 0 Å². The van der Waals surface area contributed by atoms with E-state index in [1.54, 1.807) is 12.1 Å². The average molecular weight is 321 g/mol. The zero-order chi connectivity index (χ0) is 21.0. The Bertz CT molecular complexity index is 920. The Labute approximate surface area is 143 Å². The molecular weight excluding hydrogens is 294 g/mol. The van der Waals surface area contributed by atoms with Gasteiger partial charge in [-0.15, -0.1) is 0 Å². The van der Waals surface area contributed by atoms with E-state index in [1.165, 1.54) is 7.11 Å². The third-order valence-electron chi connectivity index (χ3n) is 6.05. The number of aliphatic hydroxyl groups is 1. The maximum absolute atomic E-state index is 12.9. The highest BCUT2D eigenvalue weighted by Gasteiger charge is 2.72. The zero-order valence-corrected chi connectivity index (χ0v) is 12.7. The number of benzene rings is 1. The Morgan fingerprint density at radius 1 is 1.57 bits per heavy atom. The van der Waals surface area contributed by atoms with Crippen molar-refractivity contribution in [3.63, 3.8) is 0 Å². The summed E-state index contributed by atoms with van der Waals surface area (Å²) in [6.45, 7) is -2.54. The first-order valence-electron chi connectivity index (χ1n) is 10.8. The quantitative estimate of drug-likeness (QED) is 0.882. The molecule has 5 nitrogen and oxygen atoms in total. The topological polar surface area (TPSA) is 59.0 Å². The number of piperidine rings is 1. The molecule has 4 atom stereocenters. The number of likely N-dealkylation sites (N-methyl/N-ethyl adjacent to an activating group) is 1. The second kappa shape index (κ2) is 4.08. The van der Waals surface area contributed by atoms with E-state index in [0.29, 0.717) is 17.1 Å². The van der Waals surface area contributed by atoms with Crippen LogP contribution in [0.5, 0.6) is 11.5 Å². The molecule has 1 aromatic rings. The van der Waals surface area contributed by atoms with Crippen molar-refractivity contribution in [3.05, 3.63) is 23.3 Å². The van der Waals surface area contributed by atoms with Gasteiger partial charge in [0.1, 0.15) is 0 Å². The molecule has 0 aromatic heterocycles. The van der Waals surface area contributed by atoms with Crippen molar-refractivity contribution >= 4 is 5.78 Å². The van der Waals surface area contributed by atoms with Crippen molar-refractivity contribution in [1.82, 2.24) is 4.90 Å². The smallest absolute Gasteiger partial charge is 0.211 e. The number of carbonyl (C=O) groups is 1. The van der Waals surface area contributed by atoms with Crippen molar-refractivity contribution in [3.8, 4) is 11.5 Å². The van der Waals surface area contributed by atoms with Gasteiger partial charge in [0.2, 0.25) is 1.43 Å². The first kappa shape index (κ1) is 9.04. The molecule has 0 amide bonds. The molecule has 1 N–H and O–H groups in total. The maximum atomic E-state index is 12.9. The lowest BCUT2D eigenvalue weighted by molar-refractivity contribution is -0.185. The summed E-state index contributed by atoms with van der Waals surface area (Å²) in [6.07, 6.45) is -2.81. The van der Waals surface area contributed by atoms with Gasteiger partial charge in [-0.2, -0.15) is 0 Å². The monoisotopic (exact) mass is 321 g/mol. The highest BCUT2D eigenvalue weighted by atomic mass is 16.5. The summed E-state index contributed by atoms with van der Waals surface area (Å²) in [6, 6.07) is 1.89. The van der Waals surface area contributed by atoms with Crippen LogP contribution in [-0.2, 0) is 16.6 Å². The van der Waals surface area contributed by atoms with Gasteiger partial charge >= 0.3 is 0 Å². The van der Waals surface area contributed by atoms with Crippen LogP contribution in [0, 0.1) is 0 Å². The molecule has 1 unspecified atom stereocenters. The lowest BCUT2D eigenvalue weighted by Gasteiger charge is -2.62. The van der Waals surface area contributed by atoms with Gasteiger partial charge in [-0.3, -0.25) is 4.79 Å². The SMILES string of the molecule is [2H]O[C@@]12CCC(=O)C3Oc4c(OC)ccc5c4[C@@]31CCN(C([2H])([2H])[2H])[C@@H]2C5([2H])[2H]. The van der Waals surface area contributed by atoms with Crippen LogP contribution in [0.4, 0.5) is 0 Å². The number of rotatable bonds is 2. The lowest BCUT2D eigenvalue weighted by atomic mass is 9.49. The molecule has 1 spiro atoms. The van der Waals surface area contributed by atoms with E-state index in [0.717, 1.165) is 4.90 Å². The summed E-state index contributed by atoms with van der Waals surface area (Å²) >= 11 is 0. The molecule has 1 aromatic carbocycles. The van der Waals surface area contributed by atoms with Crippen molar-refractivity contribution in [2.75, 3.05) is 20.6 Å². The van der Waals surface area contributed by atoms with Gasteiger partial charge in [0.15, 0.2) is 23.4 Å². The molecule has 2 aliphatic carbocycles. The molecule has 122 valence electrons. The number of Topliss-reactive ketones (excluding diaryl/α,β-unsaturated/α-hetero) is 1. The summed E-state index contributed by atoms with van der Waals surface area (Å²) in [4.78, 5) is 14.0. The van der Waals surface area contributed by atoms with Crippen LogP contribution >= 0.6 is 0 Å². The van der Waals surface area contributed by atoms with Crippen LogP contribution in [0.3, 0.4) is 0 Å². The first-order valence-corrected chi connectivity index (χ1v) is 7.88. The van der Waals surface area contributed by atoms with Gasteiger partial charge in [0.25, 0.3) is 0 Å². The molecule has 2 bridgehead atoms. The van der Waals surface area contributed by atoms with Crippen molar-refractivity contribution in [2.45, 2.75) is 48.8 Å². The molecule has 1 saturated carbocycles. The van der Waals surface area contributed by atoms with E-state index in [-0.39, 0.29) is 37.2 Å². The fourth-order valence-corrected chi connectivity index (χ4v) is 5.06. The fraction of sp³-hybridized carbons (Fsp3) is 0.611. The highest BCUT2D eigenvalue weighted by Crippen LogP contribution is 2.64. The zero-order valence-electron chi connectivity index (χ0n) is 18.7. The molecule has 2 aliphatic heterocycles. The Balaban J connectivity index is 1.90. The molecule has 5 rings (SSSR count). The number of methoxy groups -OCH3 is 1. The lowest BCUT2D eigenvalue weighted by Crippen LogP contribution is -2.76. The molecular formula is C18H21NO4. The van der Waals surface area contributed by atoms with Crippen molar-refractivity contribution in [1.29, 1.82) is 1.43 Å². The second-order valence-corrected chi connectivity index (χ2v) is 6.83. The van der Waals surface area contributed by atoms with E-state index < -0.39 is 36.5 Å². The molecule has 5 heteroatoms. The molecule has 0 radical (unpaired) electrons. The summed E-state index contributed by atoms with van der Waals surface area (Å²) in [5, 5.41) is 5.33. The molecule has 2 heterocycles. The number of hydrogen-bond donors (Lipinski definition) is 1. The summed E-state index contributed by atoms with van der Waals surface area (Å²) in [7, 11) is 1.47. The Hall–Kier alpha value is -1.59. The Morgan fingerprint density at radius 3 is 3.26 bits per heavy atom. The van der Waals surface area contributed by atoms with Gasteiger partial charge in [-0.1, -0.05) is 6.07 Å². The Kier molecular flexibility index (Phi) is 1.60. The van der Waals surface area contributed by atoms with Gasteiger partial charge < -0.3 is 19.5 Å².